The molecule has 4 aliphatic heterocycles. The Labute approximate surface area is 204 Å². The summed E-state index contributed by atoms with van der Waals surface area (Å²) in [6, 6.07) is 6.14. The molecule has 1 aromatic heterocycles. The Hall–Kier alpha value is -2.29. The number of nitrogens with one attached hydrogen (secondary N) is 1. The summed E-state index contributed by atoms with van der Waals surface area (Å²) in [7, 11) is 0. The Morgan fingerprint density at radius 2 is 1.91 bits per heavy atom. The highest BCUT2D eigenvalue weighted by Crippen LogP contribution is 2.36. The van der Waals surface area contributed by atoms with Crippen LogP contribution in [0.1, 0.15) is 30.7 Å². The molecule has 4 saturated heterocycles. The molecule has 4 aliphatic rings. The van der Waals surface area contributed by atoms with Crippen LogP contribution in [0, 0.1) is 5.92 Å². The molecule has 182 valence electrons. The van der Waals surface area contributed by atoms with E-state index in [-0.39, 0.29) is 30.7 Å². The van der Waals surface area contributed by atoms with Crippen molar-refractivity contribution in [3.8, 4) is 0 Å². The highest BCUT2D eigenvalue weighted by atomic mass is 35.5. The van der Waals surface area contributed by atoms with Gasteiger partial charge in [-0.2, -0.15) is 0 Å². The van der Waals surface area contributed by atoms with Gasteiger partial charge >= 0.3 is 6.03 Å². The monoisotopic (exact) mass is 486 g/mol. The molecule has 6 rings (SSSR count). The van der Waals surface area contributed by atoms with E-state index < -0.39 is 0 Å². The number of amides is 3. The highest BCUT2D eigenvalue weighted by molar-refractivity contribution is 6.31. The van der Waals surface area contributed by atoms with E-state index in [1.54, 1.807) is 0 Å². The number of urea groups is 1. The van der Waals surface area contributed by atoms with E-state index in [1.165, 1.54) is 16.5 Å². The van der Waals surface area contributed by atoms with Crippen LogP contribution < -0.4 is 5.32 Å². The quantitative estimate of drug-likeness (QED) is 0.724. The summed E-state index contributed by atoms with van der Waals surface area (Å²) in [6.07, 6.45) is 4.95. The summed E-state index contributed by atoms with van der Waals surface area (Å²) in [6.45, 7) is 5.42. The number of morpholine rings is 1. The van der Waals surface area contributed by atoms with Gasteiger partial charge in [0, 0.05) is 60.8 Å². The first-order chi connectivity index (χ1) is 16.5. The minimum absolute atomic E-state index is 0.0168. The van der Waals surface area contributed by atoms with Crippen molar-refractivity contribution in [3.63, 3.8) is 0 Å². The van der Waals surface area contributed by atoms with E-state index in [4.69, 9.17) is 21.1 Å². The zero-order chi connectivity index (χ0) is 23.2. The summed E-state index contributed by atoms with van der Waals surface area (Å²) in [5.41, 5.74) is 2.57. The number of likely N-dealkylation sites (tertiary alicyclic amines) is 2. The van der Waals surface area contributed by atoms with Gasteiger partial charge in [0.2, 0.25) is 5.91 Å². The largest absolute Gasteiger partial charge is 0.381 e. The van der Waals surface area contributed by atoms with Gasteiger partial charge in [0.15, 0.2) is 0 Å². The summed E-state index contributed by atoms with van der Waals surface area (Å²) >= 11 is 6.37. The molecule has 9 heteroatoms. The fourth-order valence-corrected chi connectivity index (χ4v) is 6.07. The Bertz CT molecular complexity index is 1090. The standard InChI is InChI=1S/C25H31ClN4O4/c26-18-1-2-22-19(9-18)20(11-30(22)10-16-13-33-14-16)17-3-6-28(7-4-17)25(32)29-8-5-23-21(12-29)27-24(31)15-34-23/h1-2,9,11,16-17,21,23H,3-8,10,12-15H2,(H,27,31). The molecule has 2 atom stereocenters. The lowest BCUT2D eigenvalue weighted by molar-refractivity contribution is -0.139. The first kappa shape index (κ1) is 22.2. The number of ether oxygens (including phenoxy) is 2. The van der Waals surface area contributed by atoms with Crippen LogP contribution in [0.5, 0.6) is 0 Å². The third kappa shape index (κ3) is 4.16. The maximum Gasteiger partial charge on any atom is 0.320 e. The van der Waals surface area contributed by atoms with Crippen LogP contribution in [-0.4, -0.2) is 84.5 Å². The highest BCUT2D eigenvalue weighted by Gasteiger charge is 2.38. The molecule has 8 nitrogen and oxygen atoms in total. The number of hydrogen-bond acceptors (Lipinski definition) is 4. The second-order valence-corrected chi connectivity index (χ2v) is 10.5. The first-order valence-electron chi connectivity index (χ1n) is 12.4. The SMILES string of the molecule is O=C1COC2CCN(C(=O)N3CCC(c4cn(CC5COC5)c5ccc(Cl)cc45)CC3)CC2N1. The van der Waals surface area contributed by atoms with Gasteiger partial charge in [0.05, 0.1) is 25.4 Å². The lowest BCUT2D eigenvalue weighted by Crippen LogP contribution is -2.62. The van der Waals surface area contributed by atoms with Crippen molar-refractivity contribution < 1.29 is 19.1 Å². The molecule has 3 amide bonds. The van der Waals surface area contributed by atoms with Crippen LogP contribution in [0.2, 0.25) is 5.02 Å². The van der Waals surface area contributed by atoms with Crippen molar-refractivity contribution in [2.45, 2.75) is 43.9 Å². The lowest BCUT2D eigenvalue weighted by Gasteiger charge is -2.43. The molecule has 0 aliphatic carbocycles. The van der Waals surface area contributed by atoms with E-state index >= 15 is 0 Å². The van der Waals surface area contributed by atoms with Crippen molar-refractivity contribution in [1.82, 2.24) is 19.7 Å². The molecule has 0 bridgehead atoms. The normalized spacial score (nSPS) is 26.3. The second-order valence-electron chi connectivity index (χ2n) is 10.1. The fourth-order valence-electron chi connectivity index (χ4n) is 5.90. The molecule has 0 spiro atoms. The van der Waals surface area contributed by atoms with Crippen molar-refractivity contribution in [3.05, 3.63) is 35.0 Å². The zero-order valence-corrected chi connectivity index (χ0v) is 20.0. The maximum absolute atomic E-state index is 13.2. The smallest absolute Gasteiger partial charge is 0.320 e. The maximum atomic E-state index is 13.2. The van der Waals surface area contributed by atoms with E-state index in [9.17, 15) is 9.59 Å². The molecule has 1 aromatic carbocycles. The van der Waals surface area contributed by atoms with Crippen molar-refractivity contribution in [2.75, 3.05) is 46.0 Å². The fraction of sp³-hybridized carbons (Fsp3) is 0.600. The topological polar surface area (TPSA) is 76.0 Å². The van der Waals surface area contributed by atoms with Gasteiger partial charge in [-0.3, -0.25) is 4.79 Å². The van der Waals surface area contributed by atoms with Crippen LogP contribution in [-0.2, 0) is 20.8 Å². The number of rotatable bonds is 3. The molecule has 1 N–H and O–H groups in total. The molecule has 5 heterocycles. The van der Waals surface area contributed by atoms with Crippen molar-refractivity contribution in [1.29, 1.82) is 0 Å². The average molecular weight is 487 g/mol. The number of nitrogens with zero attached hydrogens (tertiary/aromatic N) is 3. The van der Waals surface area contributed by atoms with Crippen LogP contribution in [0.3, 0.4) is 0 Å². The third-order valence-corrected chi connectivity index (χ3v) is 8.07. The molecule has 0 radical (unpaired) electrons. The van der Waals surface area contributed by atoms with Crippen LogP contribution >= 0.6 is 11.6 Å². The van der Waals surface area contributed by atoms with Gasteiger partial charge in [-0.05, 0) is 48.9 Å². The zero-order valence-electron chi connectivity index (χ0n) is 19.2. The lowest BCUT2D eigenvalue weighted by atomic mass is 9.89. The number of benzene rings is 1. The number of aromatic nitrogens is 1. The predicted molar refractivity (Wildman–Crippen MR) is 128 cm³/mol. The minimum Gasteiger partial charge on any atom is -0.381 e. The Kier molecular flexibility index (Phi) is 5.91. The average Bonchev–Trinajstić information content (AvgIpc) is 3.18. The van der Waals surface area contributed by atoms with Crippen molar-refractivity contribution >= 4 is 34.4 Å². The summed E-state index contributed by atoms with van der Waals surface area (Å²) in [4.78, 5) is 28.8. The predicted octanol–water partition coefficient (Wildman–Crippen LogP) is 2.83. The van der Waals surface area contributed by atoms with Gasteiger partial charge in [0.1, 0.15) is 6.61 Å². The molecular formula is C25H31ClN4O4. The van der Waals surface area contributed by atoms with Gasteiger partial charge in [-0.25, -0.2) is 4.79 Å². The van der Waals surface area contributed by atoms with Crippen molar-refractivity contribution in [2.24, 2.45) is 5.92 Å². The Morgan fingerprint density at radius 1 is 1.12 bits per heavy atom. The molecule has 0 saturated carbocycles. The van der Waals surface area contributed by atoms with E-state index in [0.29, 0.717) is 24.9 Å². The van der Waals surface area contributed by atoms with Gasteiger partial charge < -0.3 is 29.2 Å². The van der Waals surface area contributed by atoms with Gasteiger partial charge in [-0.1, -0.05) is 11.6 Å². The number of halogens is 1. The molecule has 34 heavy (non-hydrogen) atoms. The number of fused-ring (bicyclic) bond motifs is 2. The number of carbonyl (C=O) groups is 2. The first-order valence-corrected chi connectivity index (χ1v) is 12.7. The summed E-state index contributed by atoms with van der Waals surface area (Å²) < 4.78 is 13.4. The summed E-state index contributed by atoms with van der Waals surface area (Å²) in [5, 5.41) is 4.97. The number of hydrogen-bond donors (Lipinski definition) is 1. The van der Waals surface area contributed by atoms with Gasteiger partial charge in [-0.15, -0.1) is 0 Å². The van der Waals surface area contributed by atoms with Gasteiger partial charge in [0.25, 0.3) is 0 Å². The van der Waals surface area contributed by atoms with Crippen LogP contribution in [0.4, 0.5) is 4.79 Å². The van der Waals surface area contributed by atoms with E-state index in [2.05, 4.69) is 28.2 Å². The molecule has 4 fully saturated rings. The van der Waals surface area contributed by atoms with Crippen LogP contribution in [0.25, 0.3) is 10.9 Å². The molecular weight excluding hydrogens is 456 g/mol. The molecule has 2 aromatic rings. The Morgan fingerprint density at radius 3 is 2.68 bits per heavy atom. The second kappa shape index (κ2) is 9.06. The van der Waals surface area contributed by atoms with E-state index in [1.807, 2.05) is 15.9 Å². The number of carbonyl (C=O) groups excluding carboxylic acids is 2. The van der Waals surface area contributed by atoms with Crippen LogP contribution in [0.15, 0.2) is 24.4 Å². The minimum atomic E-state index is -0.103. The molecule has 2 unspecified atom stereocenters. The summed E-state index contributed by atoms with van der Waals surface area (Å²) in [5.74, 6) is 0.878. The third-order valence-electron chi connectivity index (χ3n) is 7.84. The number of piperidine rings is 2. The Balaban J connectivity index is 1.13. The van der Waals surface area contributed by atoms with E-state index in [0.717, 1.165) is 57.1 Å².